The maximum atomic E-state index is 12.1. The SMILES string of the molecule is CC(=O)Cc1ccc(CC(=O)c2ccccc2C)o1. The Morgan fingerprint density at radius 2 is 1.63 bits per heavy atom. The molecule has 0 aliphatic rings. The molecule has 0 amide bonds. The van der Waals surface area contributed by atoms with Crippen molar-refractivity contribution in [3.05, 3.63) is 59.0 Å². The third kappa shape index (κ3) is 3.41. The lowest BCUT2D eigenvalue weighted by molar-refractivity contribution is -0.116. The first kappa shape index (κ1) is 13.3. The van der Waals surface area contributed by atoms with Crippen LogP contribution in [0.3, 0.4) is 0 Å². The number of benzene rings is 1. The van der Waals surface area contributed by atoms with Crippen LogP contribution in [-0.2, 0) is 17.6 Å². The Bertz CT molecular complexity index is 608. The number of Topliss-reactive ketones (excluding diaryl/α,β-unsaturated/α-hetero) is 2. The molecule has 0 radical (unpaired) electrons. The summed E-state index contributed by atoms with van der Waals surface area (Å²) >= 11 is 0. The average molecular weight is 256 g/mol. The van der Waals surface area contributed by atoms with Gasteiger partial charge < -0.3 is 4.42 Å². The van der Waals surface area contributed by atoms with Gasteiger partial charge in [-0.15, -0.1) is 0 Å². The zero-order valence-corrected chi connectivity index (χ0v) is 11.1. The third-order valence-corrected chi connectivity index (χ3v) is 2.92. The van der Waals surface area contributed by atoms with Crippen LogP contribution in [0.1, 0.15) is 34.4 Å². The first-order chi connectivity index (χ1) is 9.06. The lowest BCUT2D eigenvalue weighted by Gasteiger charge is -2.02. The van der Waals surface area contributed by atoms with Gasteiger partial charge in [0, 0.05) is 5.56 Å². The molecule has 1 aromatic carbocycles. The lowest BCUT2D eigenvalue weighted by Crippen LogP contribution is -2.04. The van der Waals surface area contributed by atoms with Gasteiger partial charge in [0.05, 0.1) is 12.8 Å². The molecule has 3 heteroatoms. The predicted molar refractivity (Wildman–Crippen MR) is 72.3 cm³/mol. The molecular weight excluding hydrogens is 240 g/mol. The molecule has 0 aliphatic heterocycles. The normalized spacial score (nSPS) is 10.4. The molecule has 0 atom stereocenters. The van der Waals surface area contributed by atoms with Crippen LogP contribution in [0.25, 0.3) is 0 Å². The first-order valence-electron chi connectivity index (χ1n) is 6.22. The summed E-state index contributed by atoms with van der Waals surface area (Å²) in [6, 6.07) is 11.0. The summed E-state index contributed by atoms with van der Waals surface area (Å²) in [4.78, 5) is 23.1. The number of hydrogen-bond acceptors (Lipinski definition) is 3. The fourth-order valence-electron chi connectivity index (χ4n) is 2.00. The molecule has 1 heterocycles. The Labute approximate surface area is 112 Å². The minimum absolute atomic E-state index is 0.0295. The zero-order chi connectivity index (χ0) is 13.8. The van der Waals surface area contributed by atoms with E-state index in [-0.39, 0.29) is 24.4 Å². The van der Waals surface area contributed by atoms with Crippen molar-refractivity contribution in [1.29, 1.82) is 0 Å². The topological polar surface area (TPSA) is 47.3 Å². The number of ketones is 2. The molecule has 0 N–H and O–H groups in total. The van der Waals surface area contributed by atoms with Gasteiger partial charge in [-0.25, -0.2) is 0 Å². The number of hydrogen-bond donors (Lipinski definition) is 0. The van der Waals surface area contributed by atoms with Gasteiger partial charge in [-0.05, 0) is 31.5 Å². The van der Waals surface area contributed by atoms with Crippen molar-refractivity contribution in [1.82, 2.24) is 0 Å². The van der Waals surface area contributed by atoms with E-state index < -0.39 is 0 Å². The average Bonchev–Trinajstić information content (AvgIpc) is 2.76. The molecule has 2 rings (SSSR count). The van der Waals surface area contributed by atoms with Gasteiger partial charge in [0.1, 0.15) is 17.3 Å². The van der Waals surface area contributed by atoms with Crippen molar-refractivity contribution >= 4 is 11.6 Å². The molecule has 0 saturated carbocycles. The number of furan rings is 1. The molecular formula is C16H16O3. The highest BCUT2D eigenvalue weighted by molar-refractivity contribution is 5.98. The van der Waals surface area contributed by atoms with Crippen LogP contribution >= 0.6 is 0 Å². The maximum Gasteiger partial charge on any atom is 0.170 e. The summed E-state index contributed by atoms with van der Waals surface area (Å²) in [6.45, 7) is 3.43. The van der Waals surface area contributed by atoms with Crippen LogP contribution in [-0.4, -0.2) is 11.6 Å². The molecule has 19 heavy (non-hydrogen) atoms. The van der Waals surface area contributed by atoms with E-state index >= 15 is 0 Å². The molecule has 0 bridgehead atoms. The van der Waals surface area contributed by atoms with E-state index in [1.807, 2.05) is 31.2 Å². The van der Waals surface area contributed by atoms with Crippen molar-refractivity contribution in [3.8, 4) is 0 Å². The number of carbonyl (C=O) groups excluding carboxylic acids is 2. The fraction of sp³-hybridized carbons (Fsp3) is 0.250. The molecule has 1 aromatic heterocycles. The third-order valence-electron chi connectivity index (χ3n) is 2.92. The van der Waals surface area contributed by atoms with Crippen LogP contribution in [0.4, 0.5) is 0 Å². The molecule has 2 aromatic rings. The van der Waals surface area contributed by atoms with Crippen molar-refractivity contribution in [3.63, 3.8) is 0 Å². The van der Waals surface area contributed by atoms with Crippen molar-refractivity contribution in [2.24, 2.45) is 0 Å². The van der Waals surface area contributed by atoms with Gasteiger partial charge in [-0.1, -0.05) is 24.3 Å². The van der Waals surface area contributed by atoms with Gasteiger partial charge in [0.25, 0.3) is 0 Å². The first-order valence-corrected chi connectivity index (χ1v) is 6.22. The zero-order valence-electron chi connectivity index (χ0n) is 11.1. The second kappa shape index (κ2) is 5.65. The van der Waals surface area contributed by atoms with Crippen LogP contribution < -0.4 is 0 Å². The quantitative estimate of drug-likeness (QED) is 0.772. The lowest BCUT2D eigenvalue weighted by atomic mass is 10.0. The fourth-order valence-corrected chi connectivity index (χ4v) is 2.00. The van der Waals surface area contributed by atoms with Gasteiger partial charge in [0.15, 0.2) is 5.78 Å². The second-order valence-electron chi connectivity index (χ2n) is 4.66. The predicted octanol–water partition coefficient (Wildman–Crippen LogP) is 3.14. The number of rotatable bonds is 5. The van der Waals surface area contributed by atoms with E-state index in [9.17, 15) is 9.59 Å². The summed E-state index contributed by atoms with van der Waals surface area (Å²) in [5, 5.41) is 0. The minimum Gasteiger partial charge on any atom is -0.465 e. The van der Waals surface area contributed by atoms with E-state index in [0.29, 0.717) is 17.1 Å². The Balaban J connectivity index is 2.09. The van der Waals surface area contributed by atoms with Crippen molar-refractivity contribution in [2.45, 2.75) is 26.7 Å². The maximum absolute atomic E-state index is 12.1. The van der Waals surface area contributed by atoms with Crippen LogP contribution in [0.15, 0.2) is 40.8 Å². The van der Waals surface area contributed by atoms with Crippen LogP contribution in [0, 0.1) is 6.92 Å². The Morgan fingerprint density at radius 1 is 1.00 bits per heavy atom. The van der Waals surface area contributed by atoms with Crippen LogP contribution in [0.2, 0.25) is 0 Å². The van der Waals surface area contributed by atoms with E-state index in [4.69, 9.17) is 4.42 Å². The monoisotopic (exact) mass is 256 g/mol. The van der Waals surface area contributed by atoms with E-state index in [1.54, 1.807) is 12.1 Å². The van der Waals surface area contributed by atoms with Crippen molar-refractivity contribution < 1.29 is 14.0 Å². The summed E-state index contributed by atoms with van der Waals surface area (Å²) in [6.07, 6.45) is 0.501. The smallest absolute Gasteiger partial charge is 0.170 e. The molecule has 98 valence electrons. The van der Waals surface area contributed by atoms with E-state index in [2.05, 4.69) is 0 Å². The Morgan fingerprint density at radius 3 is 2.26 bits per heavy atom. The second-order valence-corrected chi connectivity index (χ2v) is 4.66. The molecule has 3 nitrogen and oxygen atoms in total. The van der Waals surface area contributed by atoms with Gasteiger partial charge in [0.2, 0.25) is 0 Å². The van der Waals surface area contributed by atoms with Crippen LogP contribution in [0.5, 0.6) is 0 Å². The van der Waals surface area contributed by atoms with E-state index in [1.165, 1.54) is 6.92 Å². The number of aryl methyl sites for hydroxylation is 1. The van der Waals surface area contributed by atoms with E-state index in [0.717, 1.165) is 5.56 Å². The summed E-state index contributed by atoms with van der Waals surface area (Å²) in [5.41, 5.74) is 1.68. The molecule has 0 spiro atoms. The summed E-state index contributed by atoms with van der Waals surface area (Å²) < 4.78 is 5.48. The highest BCUT2D eigenvalue weighted by Gasteiger charge is 2.12. The largest absolute Gasteiger partial charge is 0.465 e. The standard InChI is InChI=1S/C16H16O3/c1-11-5-3-4-6-15(11)16(18)10-14-8-7-13(19-14)9-12(2)17/h3-8H,9-10H2,1-2H3. The Hall–Kier alpha value is -2.16. The Kier molecular flexibility index (Phi) is 3.95. The van der Waals surface area contributed by atoms with Gasteiger partial charge in [-0.2, -0.15) is 0 Å². The summed E-state index contributed by atoms with van der Waals surface area (Å²) in [7, 11) is 0. The van der Waals surface area contributed by atoms with Gasteiger partial charge in [-0.3, -0.25) is 9.59 Å². The van der Waals surface area contributed by atoms with Crippen molar-refractivity contribution in [2.75, 3.05) is 0 Å². The minimum atomic E-state index is 0.0295. The highest BCUT2D eigenvalue weighted by atomic mass is 16.3. The summed E-state index contributed by atoms with van der Waals surface area (Å²) in [5.74, 6) is 1.29. The van der Waals surface area contributed by atoms with Gasteiger partial charge >= 0.3 is 0 Å². The molecule has 0 saturated heterocycles. The molecule has 0 aliphatic carbocycles. The molecule has 0 fully saturated rings. The number of carbonyl (C=O) groups is 2. The highest BCUT2D eigenvalue weighted by Crippen LogP contribution is 2.14. The molecule has 0 unspecified atom stereocenters.